The van der Waals surface area contributed by atoms with Crippen molar-refractivity contribution in [3.05, 3.63) is 130 Å². The molecule has 3 saturated heterocycles. The predicted molar refractivity (Wildman–Crippen MR) is 213 cm³/mol. The first kappa shape index (κ1) is 40.8. The lowest BCUT2D eigenvalue weighted by Gasteiger charge is -2.51. The van der Waals surface area contributed by atoms with E-state index in [1.165, 1.54) is 0 Å². The van der Waals surface area contributed by atoms with Gasteiger partial charge in [0.2, 0.25) is 0 Å². The lowest BCUT2D eigenvalue weighted by Crippen LogP contribution is -2.65. The molecule has 3 fully saturated rings. The molecule has 57 heavy (non-hydrogen) atoms. The first-order valence-corrected chi connectivity index (χ1v) is 20.1. The normalized spacial score (nSPS) is 29.9. The third kappa shape index (κ3) is 10.2. The zero-order valence-electron chi connectivity index (χ0n) is 32.8. The van der Waals surface area contributed by atoms with Crippen LogP contribution in [0.15, 0.2) is 108 Å². The third-order valence-corrected chi connectivity index (χ3v) is 11.5. The van der Waals surface area contributed by atoms with Crippen LogP contribution in [0.5, 0.6) is 0 Å². The number of unbranched alkanes of at least 4 members (excludes halogenated alkanes) is 2. The zero-order chi connectivity index (χ0) is 39.6. The van der Waals surface area contributed by atoms with Gasteiger partial charge in [0.25, 0.3) is 0 Å². The lowest BCUT2D eigenvalue weighted by atomic mass is 9.79. The Balaban J connectivity index is 1.15. The van der Waals surface area contributed by atoms with Crippen LogP contribution in [0.3, 0.4) is 0 Å². The maximum absolute atomic E-state index is 12.9. The molecule has 7 rings (SSSR count). The zero-order valence-corrected chi connectivity index (χ0v) is 32.8. The fourth-order valence-corrected chi connectivity index (χ4v) is 7.82. The number of carbonyl (C=O) groups excluding carboxylic acids is 1. The summed E-state index contributed by atoms with van der Waals surface area (Å²) in [6.07, 6.45) is -2.80. The molecule has 0 saturated carbocycles. The highest BCUT2D eigenvalue weighted by Gasteiger charge is 2.54. The number of carbonyl (C=O) groups is 1. The molecule has 3 aliphatic heterocycles. The van der Waals surface area contributed by atoms with Crippen LogP contribution < -0.4 is 0 Å². The van der Waals surface area contributed by atoms with Gasteiger partial charge in [-0.3, -0.25) is 0 Å². The van der Waals surface area contributed by atoms with Crippen molar-refractivity contribution in [3.8, 4) is 0 Å². The summed E-state index contributed by atoms with van der Waals surface area (Å²) in [7, 11) is 0. The molecule has 0 spiro atoms. The van der Waals surface area contributed by atoms with Crippen molar-refractivity contribution in [3.63, 3.8) is 0 Å². The van der Waals surface area contributed by atoms with E-state index >= 15 is 0 Å². The van der Waals surface area contributed by atoms with Crippen molar-refractivity contribution in [1.29, 1.82) is 0 Å². The molecular formula is C45H53N3O9. The van der Waals surface area contributed by atoms with Crippen molar-refractivity contribution < 1.29 is 42.7 Å². The van der Waals surface area contributed by atoms with Gasteiger partial charge in [-0.1, -0.05) is 117 Å². The fraction of sp³-hybridized carbons (Fsp3) is 0.489. The Morgan fingerprint density at radius 2 is 1.53 bits per heavy atom. The van der Waals surface area contributed by atoms with Crippen molar-refractivity contribution in [1.82, 2.24) is 0 Å². The van der Waals surface area contributed by atoms with Gasteiger partial charge < -0.3 is 37.9 Å². The number of fused-ring (bicyclic) bond motifs is 2. The van der Waals surface area contributed by atoms with Crippen LogP contribution in [0.2, 0.25) is 0 Å². The molecule has 0 amide bonds. The summed E-state index contributed by atoms with van der Waals surface area (Å²) in [5, 5.41) is 5.92. The SMILES string of the molecule is CC1[C@@H](OC2[C@@H](OCCCCCN=[N+]=[N-])OC3COC(c4ccccc4)O[C@@H]3[C@@H]2OCc2ccc3ccccc3c2)OC(COC(=O)c2ccccc2)[C@H](C)[C@@H]1C. The number of nitrogens with zero attached hydrogens (tertiary/aromatic N) is 3. The molecule has 0 radical (unpaired) electrons. The average molecular weight is 780 g/mol. The molecule has 0 bridgehead atoms. The minimum Gasteiger partial charge on any atom is -0.459 e. The minimum absolute atomic E-state index is 0.0334. The van der Waals surface area contributed by atoms with Crippen LogP contribution >= 0.6 is 0 Å². The van der Waals surface area contributed by atoms with Gasteiger partial charge in [-0.15, -0.1) is 0 Å². The van der Waals surface area contributed by atoms with Crippen LogP contribution in [0.4, 0.5) is 0 Å². The number of hydrogen-bond acceptors (Lipinski definition) is 10. The second kappa shape index (κ2) is 19.9. The molecule has 3 heterocycles. The van der Waals surface area contributed by atoms with E-state index in [9.17, 15) is 4.79 Å². The maximum Gasteiger partial charge on any atom is 0.338 e. The Kier molecular flexibility index (Phi) is 14.2. The highest BCUT2D eigenvalue weighted by atomic mass is 16.8. The average Bonchev–Trinajstić information content (AvgIpc) is 3.25. The van der Waals surface area contributed by atoms with Gasteiger partial charge >= 0.3 is 5.97 Å². The standard InChI is InChI=1S/C45H53N3O9/c1-29-30(2)37(27-52-42(49)34-16-7-4-8-17-34)54-43(31(29)3)57-41-40(51-26-32-21-22-33-15-11-12-20-36(33)25-32)39-38(28-53-44(56-39)35-18-9-5-10-19-35)55-45(41)50-24-14-6-13-23-47-48-46/h4-5,7-12,15-22,25,29-31,37-41,43-45H,6,13-14,23-24,26-28H2,1-3H3/t29-,30+,31?,37?,38?,39-,40-,41?,43+,44?,45-/m0/s1. The summed E-state index contributed by atoms with van der Waals surface area (Å²) in [5.41, 5.74) is 11.1. The van der Waals surface area contributed by atoms with Gasteiger partial charge in [0.05, 0.1) is 24.9 Å². The van der Waals surface area contributed by atoms with E-state index in [0.717, 1.165) is 41.2 Å². The van der Waals surface area contributed by atoms with E-state index in [2.05, 4.69) is 61.1 Å². The molecule has 12 nitrogen and oxygen atoms in total. The summed E-state index contributed by atoms with van der Waals surface area (Å²) in [6, 6.07) is 33.3. The molecule has 0 N–H and O–H groups in total. The molecule has 4 aromatic rings. The van der Waals surface area contributed by atoms with E-state index in [0.29, 0.717) is 18.7 Å². The Morgan fingerprint density at radius 3 is 2.32 bits per heavy atom. The van der Waals surface area contributed by atoms with Crippen LogP contribution in [-0.2, 0) is 44.5 Å². The van der Waals surface area contributed by atoms with Crippen molar-refractivity contribution in [2.45, 2.75) is 96.0 Å². The molecule has 4 aromatic carbocycles. The minimum atomic E-state index is -0.842. The molecule has 11 atom stereocenters. The van der Waals surface area contributed by atoms with Gasteiger partial charge in [0, 0.05) is 29.5 Å². The molecule has 0 aliphatic carbocycles. The number of esters is 1. The molecule has 5 unspecified atom stereocenters. The second-order valence-electron chi connectivity index (χ2n) is 15.2. The van der Waals surface area contributed by atoms with E-state index in [4.69, 9.17) is 43.4 Å². The van der Waals surface area contributed by atoms with E-state index in [-0.39, 0.29) is 37.6 Å². The smallest absolute Gasteiger partial charge is 0.338 e. The number of azide groups is 1. The Labute approximate surface area is 334 Å². The Hall–Kier alpha value is -4.36. The number of hydrogen-bond donors (Lipinski definition) is 0. The first-order valence-electron chi connectivity index (χ1n) is 20.1. The molecular weight excluding hydrogens is 727 g/mol. The predicted octanol–water partition coefficient (Wildman–Crippen LogP) is 8.94. The summed E-state index contributed by atoms with van der Waals surface area (Å²) in [5.74, 6) is -0.190. The van der Waals surface area contributed by atoms with Gasteiger partial charge in [-0.2, -0.15) is 0 Å². The van der Waals surface area contributed by atoms with Gasteiger partial charge in [0.1, 0.15) is 31.0 Å². The maximum atomic E-state index is 12.9. The molecule has 3 aliphatic rings. The second-order valence-corrected chi connectivity index (χ2v) is 15.2. The molecule has 12 heteroatoms. The lowest BCUT2D eigenvalue weighted by molar-refractivity contribution is -0.392. The molecule has 302 valence electrons. The van der Waals surface area contributed by atoms with Crippen LogP contribution in [0.25, 0.3) is 21.2 Å². The third-order valence-electron chi connectivity index (χ3n) is 11.5. The van der Waals surface area contributed by atoms with E-state index < -0.39 is 55.4 Å². The summed E-state index contributed by atoms with van der Waals surface area (Å²) >= 11 is 0. The van der Waals surface area contributed by atoms with Crippen LogP contribution in [0.1, 0.15) is 67.8 Å². The fourth-order valence-electron chi connectivity index (χ4n) is 7.82. The van der Waals surface area contributed by atoms with Crippen LogP contribution in [0, 0.1) is 17.8 Å². The summed E-state index contributed by atoms with van der Waals surface area (Å²) in [4.78, 5) is 15.8. The molecule has 0 aromatic heterocycles. The highest BCUT2D eigenvalue weighted by Crippen LogP contribution is 2.41. The Morgan fingerprint density at radius 1 is 0.772 bits per heavy atom. The van der Waals surface area contributed by atoms with Crippen molar-refractivity contribution in [2.24, 2.45) is 22.9 Å². The Bertz CT molecular complexity index is 1930. The number of rotatable bonds is 16. The van der Waals surface area contributed by atoms with Gasteiger partial charge in [-0.05, 0) is 64.7 Å². The van der Waals surface area contributed by atoms with Gasteiger partial charge in [-0.25, -0.2) is 4.79 Å². The van der Waals surface area contributed by atoms with E-state index in [1.807, 2.05) is 60.7 Å². The van der Waals surface area contributed by atoms with E-state index in [1.54, 1.807) is 12.1 Å². The number of benzene rings is 4. The van der Waals surface area contributed by atoms with Gasteiger partial charge in [0.15, 0.2) is 18.9 Å². The summed E-state index contributed by atoms with van der Waals surface area (Å²) < 4.78 is 52.7. The van der Waals surface area contributed by atoms with Crippen molar-refractivity contribution >= 4 is 16.7 Å². The highest BCUT2D eigenvalue weighted by molar-refractivity contribution is 5.89. The topological polar surface area (TPSA) is 140 Å². The monoisotopic (exact) mass is 779 g/mol. The van der Waals surface area contributed by atoms with Crippen LogP contribution in [-0.4, -0.2) is 75.4 Å². The van der Waals surface area contributed by atoms with Crippen molar-refractivity contribution in [2.75, 3.05) is 26.4 Å². The summed E-state index contributed by atoms with van der Waals surface area (Å²) in [6.45, 7) is 7.86. The largest absolute Gasteiger partial charge is 0.459 e. The first-order chi connectivity index (χ1) is 27.9. The number of ether oxygens (including phenoxy) is 8. The quantitative estimate of drug-likeness (QED) is 0.0359.